The maximum Gasteiger partial charge on any atom is 0.305 e. The Morgan fingerprint density at radius 2 is 2.08 bits per heavy atom. The molecular weight excluding hydrogens is 176 g/mol. The van der Waals surface area contributed by atoms with E-state index in [-0.39, 0.29) is 13.0 Å². The molecule has 0 bridgehead atoms. The number of carboxylic acid groups (broad SMARTS) is 1. The van der Waals surface area contributed by atoms with Gasteiger partial charge in [-0.3, -0.25) is 19.4 Å². The molecule has 0 radical (unpaired) electrons. The lowest BCUT2D eigenvalue weighted by atomic mass is 10.4. The molecule has 0 aromatic rings. The maximum atomic E-state index is 10.9. The number of carbonyl (C=O) groups excluding carboxylic acids is 2. The number of aldehydes is 1. The van der Waals surface area contributed by atoms with Crippen molar-refractivity contribution in [1.29, 1.82) is 0 Å². The first-order valence-electron chi connectivity index (χ1n) is 3.47. The Labute approximate surface area is 74.6 Å². The van der Waals surface area contributed by atoms with Gasteiger partial charge in [-0.15, -0.1) is 0 Å². The molecule has 0 fully saturated rings. The van der Waals surface area contributed by atoms with E-state index in [1.807, 2.05) is 0 Å². The van der Waals surface area contributed by atoms with Crippen molar-refractivity contribution in [1.82, 2.24) is 5.01 Å². The number of amides is 1. The summed E-state index contributed by atoms with van der Waals surface area (Å²) >= 11 is 0. The van der Waals surface area contributed by atoms with Crippen LogP contribution in [-0.4, -0.2) is 34.8 Å². The van der Waals surface area contributed by atoms with Gasteiger partial charge in [0.1, 0.15) is 6.29 Å². The van der Waals surface area contributed by atoms with E-state index in [2.05, 4.69) is 0 Å². The zero-order chi connectivity index (χ0) is 10.3. The fourth-order valence-electron chi connectivity index (χ4n) is 0.544. The van der Waals surface area contributed by atoms with Gasteiger partial charge in [-0.05, 0) is 6.08 Å². The molecule has 0 aromatic carbocycles. The van der Waals surface area contributed by atoms with Gasteiger partial charge in [-0.2, -0.15) is 0 Å². The number of hydrazine groups is 1. The molecule has 0 aliphatic heterocycles. The third-order valence-corrected chi connectivity index (χ3v) is 1.17. The van der Waals surface area contributed by atoms with Crippen LogP contribution in [0.15, 0.2) is 12.2 Å². The minimum absolute atomic E-state index is 0.0859. The highest BCUT2D eigenvalue weighted by Gasteiger charge is 2.06. The van der Waals surface area contributed by atoms with Crippen LogP contribution in [0.1, 0.15) is 6.42 Å². The molecule has 1 amide bonds. The van der Waals surface area contributed by atoms with Gasteiger partial charge in [0, 0.05) is 12.6 Å². The van der Waals surface area contributed by atoms with E-state index in [9.17, 15) is 14.4 Å². The number of nitrogens with two attached hydrogens (primary N) is 1. The van der Waals surface area contributed by atoms with Gasteiger partial charge < -0.3 is 5.11 Å². The summed E-state index contributed by atoms with van der Waals surface area (Å²) in [6, 6.07) is 0. The van der Waals surface area contributed by atoms with Crippen LogP contribution in [0.2, 0.25) is 0 Å². The zero-order valence-corrected chi connectivity index (χ0v) is 6.84. The molecule has 0 aromatic heterocycles. The average Bonchev–Trinajstić information content (AvgIpc) is 2.10. The number of hydrogen-bond acceptors (Lipinski definition) is 4. The predicted octanol–water partition coefficient (Wildman–Crippen LogP) is -1.08. The Morgan fingerprint density at radius 1 is 1.46 bits per heavy atom. The molecule has 3 N–H and O–H groups in total. The second-order valence-electron chi connectivity index (χ2n) is 2.17. The molecule has 0 spiro atoms. The Hall–Kier alpha value is -1.69. The van der Waals surface area contributed by atoms with E-state index in [1.54, 1.807) is 0 Å². The molecule has 72 valence electrons. The summed E-state index contributed by atoms with van der Waals surface area (Å²) in [5, 5.41) is 8.98. The van der Waals surface area contributed by atoms with Crippen LogP contribution >= 0.6 is 0 Å². The van der Waals surface area contributed by atoms with Gasteiger partial charge in [0.15, 0.2) is 0 Å². The molecule has 0 saturated heterocycles. The summed E-state index contributed by atoms with van der Waals surface area (Å²) in [6.07, 6.45) is 2.16. The second-order valence-corrected chi connectivity index (χ2v) is 2.17. The van der Waals surface area contributed by atoms with Crippen LogP contribution in [0.25, 0.3) is 0 Å². The van der Waals surface area contributed by atoms with Gasteiger partial charge in [-0.25, -0.2) is 5.84 Å². The van der Waals surface area contributed by atoms with Crippen molar-refractivity contribution in [3.05, 3.63) is 12.2 Å². The largest absolute Gasteiger partial charge is 0.481 e. The maximum absolute atomic E-state index is 10.9. The van der Waals surface area contributed by atoms with E-state index in [1.165, 1.54) is 0 Å². The summed E-state index contributed by atoms with van der Waals surface area (Å²) in [6.45, 7) is -0.0859. The molecule has 0 rings (SSSR count). The lowest BCUT2D eigenvalue weighted by Gasteiger charge is -2.12. The van der Waals surface area contributed by atoms with Crippen LogP contribution < -0.4 is 5.84 Å². The van der Waals surface area contributed by atoms with Gasteiger partial charge in [0.25, 0.3) is 5.91 Å². The smallest absolute Gasteiger partial charge is 0.305 e. The molecule has 0 unspecified atom stereocenters. The number of rotatable bonds is 5. The first-order chi connectivity index (χ1) is 6.07. The Bertz CT molecular complexity index is 237. The first-order valence-corrected chi connectivity index (χ1v) is 3.47. The van der Waals surface area contributed by atoms with Crippen molar-refractivity contribution < 1.29 is 19.5 Å². The molecular formula is C7H10N2O4. The Balaban J connectivity index is 3.89. The van der Waals surface area contributed by atoms with E-state index in [0.717, 1.165) is 17.2 Å². The van der Waals surface area contributed by atoms with Crippen molar-refractivity contribution >= 4 is 18.2 Å². The highest BCUT2D eigenvalue weighted by Crippen LogP contribution is 1.87. The molecule has 0 saturated carbocycles. The quantitative estimate of drug-likeness (QED) is 0.187. The van der Waals surface area contributed by atoms with E-state index in [4.69, 9.17) is 10.9 Å². The summed E-state index contributed by atoms with van der Waals surface area (Å²) < 4.78 is 0. The number of carbonyl (C=O) groups is 3. The summed E-state index contributed by atoms with van der Waals surface area (Å²) in [5.41, 5.74) is 0. The second kappa shape index (κ2) is 5.90. The third kappa shape index (κ3) is 5.57. The molecule has 0 aliphatic carbocycles. The monoisotopic (exact) mass is 186 g/mol. The number of aliphatic carboxylic acids is 1. The van der Waals surface area contributed by atoms with Crippen molar-refractivity contribution in [2.45, 2.75) is 6.42 Å². The summed E-state index contributed by atoms with van der Waals surface area (Å²) in [7, 11) is 0. The average molecular weight is 186 g/mol. The van der Waals surface area contributed by atoms with Gasteiger partial charge >= 0.3 is 5.97 Å². The van der Waals surface area contributed by atoms with E-state index in [0.29, 0.717) is 6.29 Å². The topological polar surface area (TPSA) is 101 Å². The number of carboxylic acids is 1. The number of nitrogens with zero attached hydrogens (tertiary/aromatic N) is 1. The highest BCUT2D eigenvalue weighted by atomic mass is 16.4. The van der Waals surface area contributed by atoms with Crippen molar-refractivity contribution in [2.75, 3.05) is 6.54 Å². The van der Waals surface area contributed by atoms with Crippen LogP contribution in [0.3, 0.4) is 0 Å². The fourth-order valence-corrected chi connectivity index (χ4v) is 0.544. The van der Waals surface area contributed by atoms with E-state index >= 15 is 0 Å². The standard InChI is InChI=1S/C7H10N2O4/c8-9(4-3-7(12)13)6(11)2-1-5-10/h1-2,5H,3-4,8H2,(H,12,13)/b2-1-. The number of allylic oxidation sites excluding steroid dienone is 1. The number of hydrogen-bond donors (Lipinski definition) is 2. The lowest BCUT2D eigenvalue weighted by Crippen LogP contribution is -2.37. The van der Waals surface area contributed by atoms with Crippen molar-refractivity contribution in [2.24, 2.45) is 5.84 Å². The van der Waals surface area contributed by atoms with Crippen LogP contribution in [-0.2, 0) is 14.4 Å². The molecule has 6 nitrogen and oxygen atoms in total. The molecule has 0 heterocycles. The predicted molar refractivity (Wildman–Crippen MR) is 43.4 cm³/mol. The van der Waals surface area contributed by atoms with Gasteiger partial charge in [0.05, 0.1) is 6.42 Å². The van der Waals surface area contributed by atoms with Crippen molar-refractivity contribution in [3.63, 3.8) is 0 Å². The van der Waals surface area contributed by atoms with Crippen molar-refractivity contribution in [3.8, 4) is 0 Å². The normalized spacial score (nSPS) is 9.92. The minimum atomic E-state index is -1.04. The zero-order valence-electron chi connectivity index (χ0n) is 6.84. The minimum Gasteiger partial charge on any atom is -0.481 e. The summed E-state index contributed by atoms with van der Waals surface area (Å²) in [5.74, 6) is 3.52. The SMILES string of the molecule is NN(CCC(=O)O)C(=O)/C=C\C=O. The van der Waals surface area contributed by atoms with Crippen LogP contribution in [0.4, 0.5) is 0 Å². The van der Waals surface area contributed by atoms with Crippen LogP contribution in [0, 0.1) is 0 Å². The fraction of sp³-hybridized carbons (Fsp3) is 0.286. The molecule has 13 heavy (non-hydrogen) atoms. The third-order valence-electron chi connectivity index (χ3n) is 1.17. The van der Waals surface area contributed by atoms with Gasteiger partial charge in [0.2, 0.25) is 0 Å². The van der Waals surface area contributed by atoms with Gasteiger partial charge in [-0.1, -0.05) is 0 Å². The summed E-state index contributed by atoms with van der Waals surface area (Å²) in [4.78, 5) is 30.8. The molecule has 6 heteroatoms. The lowest BCUT2D eigenvalue weighted by molar-refractivity contribution is -0.138. The van der Waals surface area contributed by atoms with E-state index < -0.39 is 11.9 Å². The molecule has 0 atom stereocenters. The first kappa shape index (κ1) is 11.3. The Kier molecular flexibility index (Phi) is 5.13. The van der Waals surface area contributed by atoms with Crippen LogP contribution in [0.5, 0.6) is 0 Å². The molecule has 0 aliphatic rings. The highest BCUT2D eigenvalue weighted by molar-refractivity contribution is 5.90. The Morgan fingerprint density at radius 3 is 2.54 bits per heavy atom.